The number of carbonyl (C=O) groups is 3. The smallest absolute Gasteiger partial charge is 0.306 e. The molecule has 0 saturated carbocycles. The van der Waals surface area contributed by atoms with Crippen LogP contribution in [0.15, 0.2) is 12.2 Å². The van der Waals surface area contributed by atoms with Crippen molar-refractivity contribution in [2.75, 3.05) is 13.2 Å². The van der Waals surface area contributed by atoms with Gasteiger partial charge < -0.3 is 14.2 Å². The molecule has 6 heteroatoms. The first kappa shape index (κ1) is 59.1. The number of ether oxygens (including phenoxy) is 3. The first-order chi connectivity index (χ1) is 30.0. The molecule has 0 rings (SSSR count). The van der Waals surface area contributed by atoms with Gasteiger partial charge in [-0.2, -0.15) is 0 Å². The average Bonchev–Trinajstić information content (AvgIpc) is 3.26. The molecule has 0 aromatic rings. The Balaban J connectivity index is 4.30. The summed E-state index contributed by atoms with van der Waals surface area (Å²) in [4.78, 5) is 38.0. The molecule has 0 aromatic heterocycles. The van der Waals surface area contributed by atoms with Gasteiger partial charge in [0.15, 0.2) is 6.10 Å². The normalized spacial score (nSPS) is 12.0. The van der Waals surface area contributed by atoms with E-state index in [-0.39, 0.29) is 31.1 Å². The molecule has 0 aliphatic rings. The molecule has 0 fully saturated rings. The summed E-state index contributed by atoms with van der Waals surface area (Å²) in [6, 6.07) is 0. The maximum atomic E-state index is 12.8. The Morgan fingerprint density at radius 3 is 0.836 bits per heavy atom. The molecule has 0 aliphatic heterocycles. The summed E-state index contributed by atoms with van der Waals surface area (Å²) in [5.41, 5.74) is 0. The fourth-order valence-electron chi connectivity index (χ4n) is 8.14. The van der Waals surface area contributed by atoms with Gasteiger partial charge in [-0.15, -0.1) is 0 Å². The highest BCUT2D eigenvalue weighted by Gasteiger charge is 2.19. The molecule has 0 saturated heterocycles. The third-order valence-corrected chi connectivity index (χ3v) is 12.3. The van der Waals surface area contributed by atoms with Crippen LogP contribution in [0.1, 0.15) is 303 Å². The predicted molar refractivity (Wildman–Crippen MR) is 261 cm³/mol. The Bertz CT molecular complexity index is 947. The van der Waals surface area contributed by atoms with E-state index in [9.17, 15) is 14.4 Å². The summed E-state index contributed by atoms with van der Waals surface area (Å²) >= 11 is 0. The van der Waals surface area contributed by atoms with E-state index in [0.717, 1.165) is 64.2 Å². The van der Waals surface area contributed by atoms with Gasteiger partial charge in [0.1, 0.15) is 13.2 Å². The molecule has 0 aliphatic carbocycles. The van der Waals surface area contributed by atoms with E-state index in [1.165, 1.54) is 199 Å². The minimum absolute atomic E-state index is 0.0678. The highest BCUT2D eigenvalue weighted by molar-refractivity contribution is 5.71. The zero-order chi connectivity index (χ0) is 44.4. The Hall–Kier alpha value is -1.85. The van der Waals surface area contributed by atoms with Crippen molar-refractivity contribution in [1.82, 2.24) is 0 Å². The van der Waals surface area contributed by atoms with Crippen LogP contribution in [-0.4, -0.2) is 37.2 Å². The van der Waals surface area contributed by atoms with Gasteiger partial charge in [-0.3, -0.25) is 14.4 Å². The summed E-state index contributed by atoms with van der Waals surface area (Å²) < 4.78 is 16.8. The van der Waals surface area contributed by atoms with Crippen LogP contribution >= 0.6 is 0 Å². The highest BCUT2D eigenvalue weighted by atomic mass is 16.6. The second-order valence-electron chi connectivity index (χ2n) is 18.5. The number of carbonyl (C=O) groups excluding carboxylic acids is 3. The van der Waals surface area contributed by atoms with E-state index in [1.807, 2.05) is 0 Å². The fraction of sp³-hybridized carbons (Fsp3) is 0.909. The van der Waals surface area contributed by atoms with Crippen LogP contribution < -0.4 is 0 Å². The van der Waals surface area contributed by atoms with Crippen molar-refractivity contribution in [3.05, 3.63) is 12.2 Å². The van der Waals surface area contributed by atoms with E-state index in [2.05, 4.69) is 32.9 Å². The Labute approximate surface area is 380 Å². The molecule has 0 unspecified atom stereocenters. The zero-order valence-electron chi connectivity index (χ0n) is 41.2. The van der Waals surface area contributed by atoms with Gasteiger partial charge in [0.05, 0.1) is 0 Å². The number of hydrogen-bond acceptors (Lipinski definition) is 6. The Morgan fingerprint density at radius 2 is 0.541 bits per heavy atom. The standard InChI is InChI=1S/C55H104O6/c1-4-7-10-13-16-19-22-25-26-27-28-31-33-36-39-42-45-48-54(57)60-51-52(61-55(58)49-46-43-40-37-34-30-24-21-18-15-12-9-6-3)50-59-53(56)47-44-41-38-35-32-29-23-20-17-14-11-8-5-2/h21,24,52H,4-20,22-23,25-51H2,1-3H3/b24-21-/t52-/m1/s1. The van der Waals surface area contributed by atoms with Crippen LogP contribution in [-0.2, 0) is 28.6 Å². The topological polar surface area (TPSA) is 78.9 Å². The van der Waals surface area contributed by atoms with Gasteiger partial charge in [-0.05, 0) is 44.9 Å². The van der Waals surface area contributed by atoms with Crippen LogP contribution in [0.3, 0.4) is 0 Å². The molecule has 1 atom stereocenters. The first-order valence-electron chi connectivity index (χ1n) is 27.2. The predicted octanol–water partition coefficient (Wildman–Crippen LogP) is 17.8. The van der Waals surface area contributed by atoms with Crippen LogP contribution in [0.25, 0.3) is 0 Å². The Morgan fingerprint density at radius 1 is 0.311 bits per heavy atom. The summed E-state index contributed by atoms with van der Waals surface area (Å²) in [5.74, 6) is -0.857. The van der Waals surface area contributed by atoms with Crippen molar-refractivity contribution in [3.63, 3.8) is 0 Å². The highest BCUT2D eigenvalue weighted by Crippen LogP contribution is 2.17. The number of hydrogen-bond donors (Lipinski definition) is 0. The van der Waals surface area contributed by atoms with Crippen LogP contribution in [0.4, 0.5) is 0 Å². The molecule has 0 spiro atoms. The third kappa shape index (κ3) is 49.0. The zero-order valence-corrected chi connectivity index (χ0v) is 41.2. The maximum absolute atomic E-state index is 12.8. The largest absolute Gasteiger partial charge is 0.462 e. The van der Waals surface area contributed by atoms with Gasteiger partial charge in [-0.1, -0.05) is 251 Å². The van der Waals surface area contributed by atoms with E-state index >= 15 is 0 Å². The lowest BCUT2D eigenvalue weighted by atomic mass is 10.0. The quantitative estimate of drug-likeness (QED) is 0.0262. The van der Waals surface area contributed by atoms with E-state index in [1.54, 1.807) is 0 Å². The second-order valence-corrected chi connectivity index (χ2v) is 18.5. The van der Waals surface area contributed by atoms with Crippen LogP contribution in [0, 0.1) is 0 Å². The third-order valence-electron chi connectivity index (χ3n) is 12.3. The minimum Gasteiger partial charge on any atom is -0.462 e. The van der Waals surface area contributed by atoms with Crippen molar-refractivity contribution >= 4 is 17.9 Å². The van der Waals surface area contributed by atoms with Gasteiger partial charge in [0.25, 0.3) is 0 Å². The van der Waals surface area contributed by atoms with Crippen molar-refractivity contribution in [2.45, 2.75) is 309 Å². The van der Waals surface area contributed by atoms with Crippen molar-refractivity contribution < 1.29 is 28.6 Å². The molecule has 0 N–H and O–H groups in total. The molecule has 0 amide bonds. The number of allylic oxidation sites excluding steroid dienone is 2. The van der Waals surface area contributed by atoms with Crippen LogP contribution in [0.2, 0.25) is 0 Å². The molecule has 0 radical (unpaired) electrons. The summed E-state index contributed by atoms with van der Waals surface area (Å²) in [6.07, 6.45) is 56.2. The molecule has 6 nitrogen and oxygen atoms in total. The summed E-state index contributed by atoms with van der Waals surface area (Å²) in [7, 11) is 0. The molecule has 0 bridgehead atoms. The number of unbranched alkanes of at least 4 members (excludes halogenated alkanes) is 37. The second kappa shape index (κ2) is 50.8. The average molecular weight is 861 g/mol. The fourth-order valence-corrected chi connectivity index (χ4v) is 8.14. The SMILES string of the molecule is CCCCCC/C=C\CCCCCCCC(=O)O[C@H](COC(=O)CCCCCCCCCCCCCCC)COC(=O)CCCCCCCCCCCCCCCCCCC. The molecular formula is C55H104O6. The van der Waals surface area contributed by atoms with Gasteiger partial charge in [0, 0.05) is 19.3 Å². The molecule has 360 valence electrons. The van der Waals surface area contributed by atoms with Gasteiger partial charge >= 0.3 is 17.9 Å². The number of esters is 3. The van der Waals surface area contributed by atoms with Gasteiger partial charge in [-0.25, -0.2) is 0 Å². The summed E-state index contributed by atoms with van der Waals surface area (Å²) in [5, 5.41) is 0. The molecular weight excluding hydrogens is 757 g/mol. The first-order valence-corrected chi connectivity index (χ1v) is 27.2. The molecule has 0 heterocycles. The monoisotopic (exact) mass is 861 g/mol. The van der Waals surface area contributed by atoms with Crippen LogP contribution in [0.5, 0.6) is 0 Å². The van der Waals surface area contributed by atoms with Crippen molar-refractivity contribution in [2.24, 2.45) is 0 Å². The van der Waals surface area contributed by atoms with Gasteiger partial charge in [0.2, 0.25) is 0 Å². The maximum Gasteiger partial charge on any atom is 0.306 e. The Kier molecular flexibility index (Phi) is 49.3. The van der Waals surface area contributed by atoms with Crippen molar-refractivity contribution in [3.8, 4) is 0 Å². The number of rotatable bonds is 50. The van der Waals surface area contributed by atoms with E-state index in [4.69, 9.17) is 14.2 Å². The molecule has 0 aromatic carbocycles. The lowest BCUT2D eigenvalue weighted by Crippen LogP contribution is -2.30. The summed E-state index contributed by atoms with van der Waals surface area (Å²) in [6.45, 7) is 6.66. The van der Waals surface area contributed by atoms with E-state index in [0.29, 0.717) is 19.3 Å². The lowest BCUT2D eigenvalue weighted by Gasteiger charge is -2.18. The van der Waals surface area contributed by atoms with Crippen molar-refractivity contribution in [1.29, 1.82) is 0 Å². The molecule has 61 heavy (non-hydrogen) atoms. The minimum atomic E-state index is -0.767. The lowest BCUT2D eigenvalue weighted by molar-refractivity contribution is -0.167. The van der Waals surface area contributed by atoms with E-state index < -0.39 is 6.10 Å².